The zero-order valence-corrected chi connectivity index (χ0v) is 20.3. The maximum absolute atomic E-state index is 12.5. The molecule has 0 unspecified atom stereocenters. The number of aromatic nitrogens is 2. The summed E-state index contributed by atoms with van der Waals surface area (Å²) in [4.78, 5) is 26.1. The average Bonchev–Trinajstić information content (AvgIpc) is 2.92. The molecule has 0 atom stereocenters. The van der Waals surface area contributed by atoms with E-state index >= 15 is 0 Å². The van der Waals surface area contributed by atoms with Crippen molar-refractivity contribution in [2.45, 2.75) is 5.16 Å². The Balaban J connectivity index is 1.14. The van der Waals surface area contributed by atoms with Crippen LogP contribution in [0.5, 0.6) is 17.2 Å². The summed E-state index contributed by atoms with van der Waals surface area (Å²) in [5.41, 5.74) is 1.78. The van der Waals surface area contributed by atoms with Gasteiger partial charge < -0.3 is 29.3 Å². The summed E-state index contributed by atoms with van der Waals surface area (Å²) in [5.74, 6) is 3.16. The van der Waals surface area contributed by atoms with Gasteiger partial charge in [-0.25, -0.2) is 9.97 Å². The van der Waals surface area contributed by atoms with Crippen LogP contribution in [0.3, 0.4) is 0 Å². The van der Waals surface area contributed by atoms with Gasteiger partial charge in [0.2, 0.25) is 5.91 Å². The number of carbonyl (C=O) groups is 1. The summed E-state index contributed by atoms with van der Waals surface area (Å²) in [5, 5.41) is 3.47. The zero-order chi connectivity index (χ0) is 24.0. The number of amides is 1. The van der Waals surface area contributed by atoms with E-state index in [0.29, 0.717) is 35.6 Å². The third kappa shape index (κ3) is 5.54. The molecule has 1 saturated heterocycles. The number of ether oxygens (including phenoxy) is 3. The number of hydrogen-bond donors (Lipinski definition) is 1. The van der Waals surface area contributed by atoms with Crippen LogP contribution in [0.1, 0.15) is 0 Å². The number of anilines is 3. The van der Waals surface area contributed by atoms with Crippen molar-refractivity contribution in [3.63, 3.8) is 0 Å². The van der Waals surface area contributed by atoms with E-state index in [9.17, 15) is 4.79 Å². The Labute approximate surface area is 208 Å². The van der Waals surface area contributed by atoms with E-state index in [0.717, 1.165) is 43.4 Å². The van der Waals surface area contributed by atoms with Gasteiger partial charge in [0.1, 0.15) is 24.8 Å². The fraction of sp³-hybridized carbons (Fsp3) is 0.320. The minimum absolute atomic E-state index is 0.133. The second-order valence-electron chi connectivity index (χ2n) is 8.04. The smallest absolute Gasteiger partial charge is 0.234 e. The van der Waals surface area contributed by atoms with Crippen LogP contribution in [0.25, 0.3) is 0 Å². The van der Waals surface area contributed by atoms with Crippen molar-refractivity contribution in [3.8, 4) is 17.2 Å². The lowest BCUT2D eigenvalue weighted by molar-refractivity contribution is -0.113. The number of methoxy groups -OCH3 is 1. The van der Waals surface area contributed by atoms with Crippen LogP contribution < -0.4 is 29.3 Å². The van der Waals surface area contributed by atoms with Gasteiger partial charge in [-0.05, 0) is 30.3 Å². The maximum Gasteiger partial charge on any atom is 0.234 e. The van der Waals surface area contributed by atoms with Crippen molar-refractivity contribution in [1.82, 2.24) is 9.97 Å². The third-order valence-corrected chi connectivity index (χ3v) is 6.67. The first kappa shape index (κ1) is 23.1. The molecule has 1 aromatic heterocycles. The minimum atomic E-state index is -0.133. The average molecular weight is 494 g/mol. The molecule has 1 N–H and O–H groups in total. The quantitative estimate of drug-likeness (QED) is 0.393. The predicted molar refractivity (Wildman–Crippen MR) is 136 cm³/mol. The normalized spacial score (nSPS) is 15.0. The lowest BCUT2D eigenvalue weighted by Crippen LogP contribution is -2.47. The molecule has 35 heavy (non-hydrogen) atoms. The third-order valence-electron chi connectivity index (χ3n) is 5.81. The Kier molecular flexibility index (Phi) is 7.08. The number of benzene rings is 2. The van der Waals surface area contributed by atoms with Crippen LogP contribution in [-0.2, 0) is 4.79 Å². The van der Waals surface area contributed by atoms with Crippen molar-refractivity contribution in [2.75, 3.05) is 67.4 Å². The second-order valence-corrected chi connectivity index (χ2v) is 8.98. The molecule has 0 saturated carbocycles. The Morgan fingerprint density at radius 2 is 1.80 bits per heavy atom. The number of thioether (sulfide) groups is 1. The van der Waals surface area contributed by atoms with Gasteiger partial charge in [-0.2, -0.15) is 0 Å². The summed E-state index contributed by atoms with van der Waals surface area (Å²) in [7, 11) is 1.70. The van der Waals surface area contributed by atoms with E-state index in [1.165, 1.54) is 11.8 Å². The minimum Gasteiger partial charge on any atom is -0.495 e. The lowest BCUT2D eigenvalue weighted by atomic mass is 10.2. The Morgan fingerprint density at radius 1 is 1.03 bits per heavy atom. The van der Waals surface area contributed by atoms with E-state index in [1.54, 1.807) is 31.5 Å². The van der Waals surface area contributed by atoms with Crippen molar-refractivity contribution >= 4 is 34.9 Å². The number of fused-ring (bicyclic) bond motifs is 1. The molecule has 3 aromatic rings. The number of carbonyl (C=O) groups excluding carboxylic acids is 1. The summed E-state index contributed by atoms with van der Waals surface area (Å²) in [6, 6.07) is 15.4. The van der Waals surface area contributed by atoms with E-state index in [1.807, 2.05) is 24.3 Å². The molecule has 0 radical (unpaired) electrons. The van der Waals surface area contributed by atoms with Crippen LogP contribution in [0.4, 0.5) is 17.2 Å². The van der Waals surface area contributed by atoms with Gasteiger partial charge in [-0.3, -0.25) is 4.79 Å². The Hall–Kier alpha value is -3.66. The van der Waals surface area contributed by atoms with E-state index in [2.05, 4.69) is 31.2 Å². The van der Waals surface area contributed by atoms with Crippen molar-refractivity contribution in [2.24, 2.45) is 0 Å². The molecule has 2 aliphatic rings. The first-order chi connectivity index (χ1) is 17.2. The fourth-order valence-corrected chi connectivity index (χ4v) is 4.72. The standard InChI is InChI=1S/C25H27N5O4S/c1-32-20-5-3-2-4-19(20)29-10-12-30(13-11-29)23-8-9-26-25(28-23)35-17-24(31)27-18-6-7-21-22(16-18)34-15-14-33-21/h2-9,16H,10-15,17H2,1H3,(H,27,31). The Bertz CT molecular complexity index is 1190. The molecule has 1 amide bonds. The number of nitrogens with one attached hydrogen (secondary N) is 1. The molecule has 5 rings (SSSR count). The molecule has 9 nitrogen and oxygen atoms in total. The number of para-hydroxylation sites is 2. The SMILES string of the molecule is COc1ccccc1N1CCN(c2ccnc(SCC(=O)Nc3ccc4c(c3)OCCO4)n2)CC1. The maximum atomic E-state index is 12.5. The van der Waals surface area contributed by atoms with Crippen LogP contribution in [0, 0.1) is 0 Å². The van der Waals surface area contributed by atoms with Crippen molar-refractivity contribution < 1.29 is 19.0 Å². The summed E-state index contributed by atoms with van der Waals surface area (Å²) in [6.45, 7) is 4.44. The highest BCUT2D eigenvalue weighted by Gasteiger charge is 2.21. The van der Waals surface area contributed by atoms with E-state index in [4.69, 9.17) is 14.2 Å². The highest BCUT2D eigenvalue weighted by Crippen LogP contribution is 2.33. The topological polar surface area (TPSA) is 89.1 Å². The lowest BCUT2D eigenvalue weighted by Gasteiger charge is -2.37. The van der Waals surface area contributed by atoms with Crippen LogP contribution in [0.2, 0.25) is 0 Å². The molecule has 0 spiro atoms. The fourth-order valence-electron chi connectivity index (χ4n) is 4.09. The second kappa shape index (κ2) is 10.7. The summed E-state index contributed by atoms with van der Waals surface area (Å²) < 4.78 is 16.6. The molecule has 0 bridgehead atoms. The predicted octanol–water partition coefficient (Wildman–Crippen LogP) is 3.31. The van der Waals surface area contributed by atoms with Gasteiger partial charge in [0, 0.05) is 44.1 Å². The van der Waals surface area contributed by atoms with Crippen LogP contribution in [-0.4, -0.2) is 68.1 Å². The van der Waals surface area contributed by atoms with Crippen molar-refractivity contribution in [3.05, 3.63) is 54.7 Å². The van der Waals surface area contributed by atoms with E-state index in [-0.39, 0.29) is 11.7 Å². The van der Waals surface area contributed by atoms with Crippen LogP contribution in [0.15, 0.2) is 59.9 Å². The molecule has 2 aromatic carbocycles. The number of hydrogen-bond acceptors (Lipinski definition) is 9. The van der Waals surface area contributed by atoms with Gasteiger partial charge >= 0.3 is 0 Å². The molecule has 3 heterocycles. The van der Waals surface area contributed by atoms with Crippen molar-refractivity contribution in [1.29, 1.82) is 0 Å². The summed E-state index contributed by atoms with van der Waals surface area (Å²) >= 11 is 1.31. The molecule has 10 heteroatoms. The Morgan fingerprint density at radius 3 is 2.63 bits per heavy atom. The molecule has 0 aliphatic carbocycles. The molecular weight excluding hydrogens is 466 g/mol. The number of rotatable bonds is 7. The summed E-state index contributed by atoms with van der Waals surface area (Å²) in [6.07, 6.45) is 1.75. The van der Waals surface area contributed by atoms with Gasteiger partial charge in [-0.15, -0.1) is 0 Å². The first-order valence-corrected chi connectivity index (χ1v) is 12.5. The molecule has 1 fully saturated rings. The van der Waals surface area contributed by atoms with Gasteiger partial charge in [-0.1, -0.05) is 23.9 Å². The number of nitrogens with zero attached hydrogens (tertiary/aromatic N) is 4. The molecular formula is C25H27N5O4S. The highest BCUT2D eigenvalue weighted by atomic mass is 32.2. The van der Waals surface area contributed by atoms with Crippen LogP contribution >= 0.6 is 11.8 Å². The highest BCUT2D eigenvalue weighted by molar-refractivity contribution is 7.99. The molecule has 2 aliphatic heterocycles. The van der Waals surface area contributed by atoms with Gasteiger partial charge in [0.15, 0.2) is 16.7 Å². The molecule has 182 valence electrons. The monoisotopic (exact) mass is 493 g/mol. The van der Waals surface area contributed by atoms with E-state index < -0.39 is 0 Å². The first-order valence-electron chi connectivity index (χ1n) is 11.5. The largest absolute Gasteiger partial charge is 0.495 e. The number of piperazine rings is 1. The van der Waals surface area contributed by atoms with Gasteiger partial charge in [0.05, 0.1) is 18.6 Å². The zero-order valence-electron chi connectivity index (χ0n) is 19.5. The van der Waals surface area contributed by atoms with Gasteiger partial charge in [0.25, 0.3) is 0 Å².